The topological polar surface area (TPSA) is 147 Å². The molecule has 35 heavy (non-hydrogen) atoms. The monoisotopic (exact) mass is 546 g/mol. The lowest BCUT2D eigenvalue weighted by molar-refractivity contribution is 0.0898. The van der Waals surface area contributed by atoms with Crippen LogP contribution in [0.5, 0.6) is 0 Å². The van der Waals surface area contributed by atoms with E-state index in [1.165, 1.54) is 16.7 Å². The van der Waals surface area contributed by atoms with Crippen LogP contribution in [-0.2, 0) is 26.4 Å². The fourth-order valence-electron chi connectivity index (χ4n) is 4.24. The normalized spacial score (nSPS) is 18.8. The van der Waals surface area contributed by atoms with Crippen LogP contribution in [0.2, 0.25) is 0 Å². The number of piperazine rings is 1. The van der Waals surface area contributed by atoms with Gasteiger partial charge in [0.25, 0.3) is 10.1 Å². The van der Waals surface area contributed by atoms with E-state index in [1.807, 2.05) is 12.1 Å². The summed E-state index contributed by atoms with van der Waals surface area (Å²) in [6.07, 6.45) is 3.70. The van der Waals surface area contributed by atoms with Gasteiger partial charge in [-0.05, 0) is 48.2 Å². The number of aliphatic hydroxyl groups is 1. The summed E-state index contributed by atoms with van der Waals surface area (Å²) >= 11 is 1.74. The highest BCUT2D eigenvalue weighted by molar-refractivity contribution is 7.99. The molecular formula is C23H34N2O7S3. The Morgan fingerprint density at radius 3 is 2.20 bits per heavy atom. The molecule has 1 fully saturated rings. The van der Waals surface area contributed by atoms with Crippen molar-refractivity contribution in [2.75, 3.05) is 51.8 Å². The second-order valence-electron chi connectivity index (χ2n) is 8.59. The van der Waals surface area contributed by atoms with Crippen molar-refractivity contribution in [1.29, 1.82) is 0 Å². The van der Waals surface area contributed by atoms with Gasteiger partial charge in [-0.25, -0.2) is 8.42 Å². The highest BCUT2D eigenvalue weighted by Crippen LogP contribution is 2.43. The summed E-state index contributed by atoms with van der Waals surface area (Å²) in [5, 5.41) is 9.09. The first-order valence-electron chi connectivity index (χ1n) is 11.0. The molecule has 9 nitrogen and oxygen atoms in total. The maximum atomic E-state index is 12.2. The fraction of sp³-hybridized carbons (Fsp3) is 0.478. The minimum Gasteiger partial charge on any atom is -0.412 e. The number of fused-ring (bicyclic) bond motifs is 2. The molecule has 2 aliphatic heterocycles. The van der Waals surface area contributed by atoms with Crippen molar-refractivity contribution in [3.63, 3.8) is 0 Å². The zero-order chi connectivity index (χ0) is 24.9. The van der Waals surface area contributed by atoms with Gasteiger partial charge < -0.3 is 15.5 Å². The van der Waals surface area contributed by atoms with E-state index in [0.29, 0.717) is 11.2 Å². The Kier molecular flexibility index (Phi) is 10.7. The quantitative estimate of drug-likeness (QED) is 0.533. The summed E-state index contributed by atoms with van der Waals surface area (Å²) in [7, 11) is -6.92. The van der Waals surface area contributed by atoms with Gasteiger partial charge in [-0.15, -0.1) is 0 Å². The fourth-order valence-corrected chi connectivity index (χ4v) is 6.01. The Balaban J connectivity index is 0.000000656. The molecule has 2 aromatic rings. The molecule has 2 heterocycles. The first-order chi connectivity index (χ1) is 16.0. The smallest absolute Gasteiger partial charge is 0.261 e. The third-order valence-electron chi connectivity index (χ3n) is 5.85. The van der Waals surface area contributed by atoms with E-state index in [9.17, 15) is 16.8 Å². The van der Waals surface area contributed by atoms with Gasteiger partial charge in [-0.3, -0.25) is 9.45 Å². The van der Waals surface area contributed by atoms with Crippen LogP contribution in [0.25, 0.3) is 0 Å². The van der Waals surface area contributed by atoms with Gasteiger partial charge in [0.15, 0.2) is 9.84 Å². The molecule has 0 radical (unpaired) electrons. The number of benzene rings is 2. The lowest BCUT2D eigenvalue weighted by atomic mass is 9.96. The Morgan fingerprint density at radius 1 is 0.971 bits per heavy atom. The average Bonchev–Trinajstić information content (AvgIpc) is 2.92. The predicted molar refractivity (Wildman–Crippen MR) is 137 cm³/mol. The Bertz CT molecular complexity index is 1190. The lowest BCUT2D eigenvalue weighted by Crippen LogP contribution is -2.48. The molecule has 12 heteroatoms. The third-order valence-corrected chi connectivity index (χ3v) is 8.17. The Hall–Kier alpha value is -1.51. The molecule has 2 aliphatic rings. The first-order valence-corrected chi connectivity index (χ1v) is 15.6. The molecule has 0 bridgehead atoms. The molecule has 1 atom stereocenters. The van der Waals surface area contributed by atoms with E-state index in [-0.39, 0.29) is 18.1 Å². The van der Waals surface area contributed by atoms with Gasteiger partial charge in [0.05, 0.1) is 11.2 Å². The highest BCUT2D eigenvalue weighted by atomic mass is 32.2. The molecule has 0 saturated carbocycles. The first kappa shape index (κ1) is 29.7. The van der Waals surface area contributed by atoms with Crippen LogP contribution in [0, 0.1) is 0 Å². The van der Waals surface area contributed by atoms with Gasteiger partial charge >= 0.3 is 0 Å². The van der Waals surface area contributed by atoms with Gasteiger partial charge in [-0.1, -0.05) is 30.0 Å². The van der Waals surface area contributed by atoms with E-state index < -0.39 is 20.0 Å². The molecule has 4 rings (SSSR count). The molecule has 4 N–H and O–H groups in total. The highest BCUT2D eigenvalue weighted by Gasteiger charge is 2.30. The van der Waals surface area contributed by atoms with Crippen molar-refractivity contribution < 1.29 is 32.0 Å². The molecule has 196 valence electrons. The summed E-state index contributed by atoms with van der Waals surface area (Å²) in [6.45, 7) is 5.02. The van der Waals surface area contributed by atoms with Crippen molar-refractivity contribution in [3.05, 3.63) is 53.6 Å². The number of nitrogens with zero attached hydrogens (tertiary/aromatic N) is 2. The van der Waals surface area contributed by atoms with Crippen LogP contribution in [0.4, 0.5) is 0 Å². The minimum atomic E-state index is -3.67. The van der Waals surface area contributed by atoms with Crippen LogP contribution in [0.1, 0.15) is 23.6 Å². The van der Waals surface area contributed by atoms with Crippen LogP contribution >= 0.6 is 11.8 Å². The maximum absolute atomic E-state index is 12.2. The number of hydrogen-bond acceptors (Lipinski definition) is 8. The third kappa shape index (κ3) is 8.83. The van der Waals surface area contributed by atoms with Gasteiger partial charge in [0, 0.05) is 61.4 Å². The molecular weight excluding hydrogens is 512 g/mol. The average molecular weight is 547 g/mol. The van der Waals surface area contributed by atoms with E-state index in [1.54, 1.807) is 17.8 Å². The van der Waals surface area contributed by atoms with Crippen molar-refractivity contribution >= 4 is 31.7 Å². The van der Waals surface area contributed by atoms with Crippen molar-refractivity contribution in [3.8, 4) is 0 Å². The van der Waals surface area contributed by atoms with E-state index in [0.717, 1.165) is 56.0 Å². The van der Waals surface area contributed by atoms with E-state index in [4.69, 9.17) is 9.66 Å². The van der Waals surface area contributed by atoms with Crippen molar-refractivity contribution in [1.82, 2.24) is 9.80 Å². The Labute approximate surface area is 212 Å². The lowest BCUT2D eigenvalue weighted by Gasteiger charge is -2.39. The zero-order valence-electron chi connectivity index (χ0n) is 19.9. The zero-order valence-corrected chi connectivity index (χ0v) is 22.4. The van der Waals surface area contributed by atoms with Gasteiger partial charge in [0.2, 0.25) is 0 Å². The number of sulfone groups is 1. The number of rotatable bonds is 5. The van der Waals surface area contributed by atoms with E-state index >= 15 is 0 Å². The largest absolute Gasteiger partial charge is 0.412 e. The van der Waals surface area contributed by atoms with Crippen LogP contribution < -0.4 is 0 Å². The summed E-state index contributed by atoms with van der Waals surface area (Å²) in [5.41, 5.74) is 2.44. The second-order valence-corrected chi connectivity index (χ2v) is 13.2. The van der Waals surface area contributed by atoms with Gasteiger partial charge in [0.1, 0.15) is 0 Å². The molecule has 0 aliphatic carbocycles. The molecule has 1 saturated heterocycles. The minimum absolute atomic E-state index is 0. The molecule has 0 spiro atoms. The van der Waals surface area contributed by atoms with E-state index in [2.05, 4.69) is 34.1 Å². The van der Waals surface area contributed by atoms with Gasteiger partial charge in [-0.2, -0.15) is 8.42 Å². The summed E-state index contributed by atoms with van der Waals surface area (Å²) in [5.74, 6) is 0. The van der Waals surface area contributed by atoms with Crippen LogP contribution in [-0.4, -0.2) is 93.6 Å². The molecule has 0 aromatic heterocycles. The predicted octanol–water partition coefficient (Wildman–Crippen LogP) is 1.52. The summed E-state index contributed by atoms with van der Waals surface area (Å²) < 4.78 is 50.3. The van der Waals surface area contributed by atoms with Crippen LogP contribution in [0.15, 0.2) is 57.2 Å². The maximum Gasteiger partial charge on any atom is 0.261 e. The second kappa shape index (κ2) is 12.6. The summed E-state index contributed by atoms with van der Waals surface area (Å²) in [6, 6.07) is 14.3. The molecule has 0 amide bonds. The van der Waals surface area contributed by atoms with Crippen molar-refractivity contribution in [2.45, 2.75) is 33.6 Å². The van der Waals surface area contributed by atoms with Crippen molar-refractivity contribution in [2.24, 2.45) is 0 Å². The molecule has 2 aromatic carbocycles. The SMILES string of the molecule is CS(=O)(=O)O.CS(=O)(=O)c1ccc2c(c1)C(N1CCN(CCCO)CC1)Cc1ccccc1S2.O. The molecule has 1 unspecified atom stereocenters. The standard InChI is InChI=1S/C22H28N2O3S2.CH4O3S.H2O/c1-29(26,27)18-7-8-22-19(16-18)20(15-17-5-2-3-6-21(17)28-22)24-12-10-23(11-13-24)9-4-14-25;1-5(2,3)4;/h2-3,5-8,16,20,25H,4,9-15H2,1H3;1H3,(H,2,3,4);1H2. The number of aliphatic hydroxyl groups excluding tert-OH is 1. The Morgan fingerprint density at radius 2 is 1.60 bits per heavy atom. The summed E-state index contributed by atoms with van der Waals surface area (Å²) in [4.78, 5) is 7.71. The van der Waals surface area contributed by atoms with Crippen LogP contribution in [0.3, 0.4) is 0 Å². The number of hydrogen-bond donors (Lipinski definition) is 2.